The zero-order valence-corrected chi connectivity index (χ0v) is 9.69. The van der Waals surface area contributed by atoms with E-state index in [0.717, 1.165) is 31.6 Å². The van der Waals surface area contributed by atoms with Crippen LogP contribution < -0.4 is 5.73 Å². The minimum Gasteiger partial charge on any atom is -0.374 e. The Hall–Kier alpha value is -0.940. The Balaban J connectivity index is 1.95. The quantitative estimate of drug-likeness (QED) is 0.842. The summed E-state index contributed by atoms with van der Waals surface area (Å²) < 4.78 is 10.5. The van der Waals surface area contributed by atoms with E-state index in [1.165, 1.54) is 0 Å². The van der Waals surface area contributed by atoms with Crippen LogP contribution in [0, 0.1) is 0 Å². The molecule has 90 valence electrons. The van der Waals surface area contributed by atoms with Gasteiger partial charge in [0.15, 0.2) is 5.82 Å². The molecule has 0 spiro atoms. The van der Waals surface area contributed by atoms with Crippen LogP contribution in [0.5, 0.6) is 0 Å². The number of nitrogens with two attached hydrogens (primary N) is 1. The Bertz CT molecular complexity index is 327. The largest absolute Gasteiger partial charge is 0.374 e. The summed E-state index contributed by atoms with van der Waals surface area (Å²) in [4.78, 5) is 4.35. The van der Waals surface area contributed by atoms with E-state index in [9.17, 15) is 0 Å². The molecule has 0 aliphatic heterocycles. The maximum absolute atomic E-state index is 5.93. The van der Waals surface area contributed by atoms with Gasteiger partial charge in [-0.3, -0.25) is 0 Å². The van der Waals surface area contributed by atoms with Crippen LogP contribution in [0.2, 0.25) is 0 Å². The summed E-state index contributed by atoms with van der Waals surface area (Å²) in [5.41, 5.74) is 5.93. The van der Waals surface area contributed by atoms with Crippen molar-refractivity contribution in [3.63, 3.8) is 0 Å². The highest BCUT2D eigenvalue weighted by Crippen LogP contribution is 2.30. The van der Waals surface area contributed by atoms with Gasteiger partial charge < -0.3 is 15.0 Å². The third kappa shape index (κ3) is 2.80. The fourth-order valence-electron chi connectivity index (χ4n) is 2.14. The first-order chi connectivity index (χ1) is 7.79. The number of ether oxygens (including phenoxy) is 1. The van der Waals surface area contributed by atoms with Gasteiger partial charge in [0.25, 0.3) is 0 Å². The molecule has 0 saturated heterocycles. The molecule has 1 saturated carbocycles. The Morgan fingerprint density at radius 3 is 3.12 bits per heavy atom. The van der Waals surface area contributed by atoms with Gasteiger partial charge in [0.2, 0.25) is 5.89 Å². The molecule has 0 amide bonds. The summed E-state index contributed by atoms with van der Waals surface area (Å²) in [7, 11) is 0. The first kappa shape index (κ1) is 11.5. The minimum absolute atomic E-state index is 0.279. The van der Waals surface area contributed by atoms with Crippen molar-refractivity contribution in [2.75, 3.05) is 6.61 Å². The van der Waals surface area contributed by atoms with Gasteiger partial charge in [0.05, 0.1) is 0 Å². The predicted octanol–water partition coefficient (Wildman–Crippen LogP) is 1.59. The first-order valence-electron chi connectivity index (χ1n) is 5.95. The predicted molar refractivity (Wildman–Crippen MR) is 58.8 cm³/mol. The monoisotopic (exact) mass is 225 g/mol. The topological polar surface area (TPSA) is 74.2 Å². The van der Waals surface area contributed by atoms with Crippen LogP contribution in [-0.2, 0) is 11.3 Å². The third-order valence-electron chi connectivity index (χ3n) is 2.98. The maximum atomic E-state index is 5.93. The van der Waals surface area contributed by atoms with Crippen LogP contribution in [-0.4, -0.2) is 22.8 Å². The van der Waals surface area contributed by atoms with Crippen LogP contribution in [0.4, 0.5) is 0 Å². The number of hydrogen-bond donors (Lipinski definition) is 1. The second kappa shape index (κ2) is 5.41. The van der Waals surface area contributed by atoms with Gasteiger partial charge in [-0.15, -0.1) is 0 Å². The molecule has 16 heavy (non-hydrogen) atoms. The molecule has 1 aromatic rings. The lowest BCUT2D eigenvalue weighted by atomic mass is 9.86. The molecule has 5 nitrogen and oxygen atoms in total. The van der Waals surface area contributed by atoms with Crippen molar-refractivity contribution in [2.24, 2.45) is 5.73 Å². The van der Waals surface area contributed by atoms with Crippen LogP contribution in [0.15, 0.2) is 4.52 Å². The second-order valence-electron chi connectivity index (χ2n) is 4.31. The van der Waals surface area contributed by atoms with Crippen molar-refractivity contribution in [3.05, 3.63) is 11.7 Å². The second-order valence-corrected chi connectivity index (χ2v) is 4.31. The van der Waals surface area contributed by atoms with Gasteiger partial charge in [-0.05, 0) is 26.2 Å². The van der Waals surface area contributed by atoms with Gasteiger partial charge in [-0.1, -0.05) is 11.6 Å². The zero-order valence-electron chi connectivity index (χ0n) is 9.69. The molecule has 1 fully saturated rings. The van der Waals surface area contributed by atoms with E-state index < -0.39 is 0 Å². The maximum Gasteiger partial charge on any atom is 0.229 e. The van der Waals surface area contributed by atoms with E-state index >= 15 is 0 Å². The molecule has 1 aromatic heterocycles. The Labute approximate surface area is 95.3 Å². The van der Waals surface area contributed by atoms with E-state index in [1.807, 2.05) is 6.92 Å². The molecule has 2 unspecified atom stereocenters. The summed E-state index contributed by atoms with van der Waals surface area (Å²) in [5, 5.41) is 3.90. The summed E-state index contributed by atoms with van der Waals surface area (Å²) in [5.74, 6) is 1.70. The molecule has 0 aromatic carbocycles. The fraction of sp³-hybridized carbons (Fsp3) is 0.818. The average molecular weight is 225 g/mol. The van der Waals surface area contributed by atoms with Crippen molar-refractivity contribution < 1.29 is 9.26 Å². The van der Waals surface area contributed by atoms with E-state index in [1.54, 1.807) is 0 Å². The van der Waals surface area contributed by atoms with Crippen molar-refractivity contribution in [1.82, 2.24) is 10.1 Å². The molecular formula is C11H19N3O2. The fourth-order valence-corrected chi connectivity index (χ4v) is 2.14. The average Bonchev–Trinajstić information content (AvgIpc) is 2.75. The molecule has 1 heterocycles. The number of hydrogen-bond acceptors (Lipinski definition) is 5. The van der Waals surface area contributed by atoms with Crippen LogP contribution in [0.3, 0.4) is 0 Å². The van der Waals surface area contributed by atoms with Crippen LogP contribution >= 0.6 is 0 Å². The van der Waals surface area contributed by atoms with Crippen molar-refractivity contribution in [3.8, 4) is 0 Å². The van der Waals surface area contributed by atoms with Gasteiger partial charge in [-0.2, -0.15) is 4.98 Å². The normalized spacial score (nSPS) is 25.9. The smallest absolute Gasteiger partial charge is 0.229 e. The summed E-state index contributed by atoms with van der Waals surface area (Å²) >= 11 is 0. The number of aromatic nitrogens is 2. The van der Waals surface area contributed by atoms with Crippen molar-refractivity contribution in [2.45, 2.75) is 51.2 Å². The van der Waals surface area contributed by atoms with E-state index in [0.29, 0.717) is 25.0 Å². The van der Waals surface area contributed by atoms with E-state index in [4.69, 9.17) is 15.0 Å². The number of nitrogens with zero attached hydrogens (tertiary/aromatic N) is 2. The van der Waals surface area contributed by atoms with Crippen molar-refractivity contribution in [1.29, 1.82) is 0 Å². The number of rotatable bonds is 4. The molecule has 1 aliphatic rings. The molecule has 5 heteroatoms. The lowest BCUT2D eigenvalue weighted by molar-refractivity contribution is 0.126. The van der Waals surface area contributed by atoms with Gasteiger partial charge in [0, 0.05) is 18.6 Å². The zero-order chi connectivity index (χ0) is 11.4. The molecule has 2 N–H and O–H groups in total. The van der Waals surface area contributed by atoms with E-state index in [2.05, 4.69) is 10.1 Å². The molecular weight excluding hydrogens is 206 g/mol. The molecule has 1 aliphatic carbocycles. The minimum atomic E-state index is 0.279. The van der Waals surface area contributed by atoms with Gasteiger partial charge in [0.1, 0.15) is 6.61 Å². The Morgan fingerprint density at radius 2 is 2.38 bits per heavy atom. The molecule has 0 bridgehead atoms. The Kier molecular flexibility index (Phi) is 3.90. The highest BCUT2D eigenvalue weighted by atomic mass is 16.5. The summed E-state index contributed by atoms with van der Waals surface area (Å²) in [6.07, 6.45) is 4.31. The standard InChI is InChI=1S/C11H19N3O2/c1-2-15-7-10-13-11(16-14-10)8-4-3-5-9(12)6-8/h8-9H,2-7,12H2,1H3. The van der Waals surface area contributed by atoms with E-state index in [-0.39, 0.29) is 6.04 Å². The summed E-state index contributed by atoms with van der Waals surface area (Å²) in [6.45, 7) is 3.04. The van der Waals surface area contributed by atoms with Crippen LogP contribution in [0.25, 0.3) is 0 Å². The molecule has 0 radical (unpaired) electrons. The lowest BCUT2D eigenvalue weighted by Crippen LogP contribution is -2.26. The third-order valence-corrected chi connectivity index (χ3v) is 2.98. The van der Waals surface area contributed by atoms with Crippen molar-refractivity contribution >= 4 is 0 Å². The first-order valence-corrected chi connectivity index (χ1v) is 5.95. The molecule has 2 rings (SSSR count). The summed E-state index contributed by atoms with van der Waals surface area (Å²) in [6, 6.07) is 0.279. The highest BCUT2D eigenvalue weighted by Gasteiger charge is 2.25. The lowest BCUT2D eigenvalue weighted by Gasteiger charge is -2.23. The highest BCUT2D eigenvalue weighted by molar-refractivity contribution is 4.97. The molecule has 2 atom stereocenters. The van der Waals surface area contributed by atoms with Gasteiger partial charge >= 0.3 is 0 Å². The van der Waals surface area contributed by atoms with Crippen LogP contribution in [0.1, 0.15) is 50.2 Å². The van der Waals surface area contributed by atoms with Gasteiger partial charge in [-0.25, -0.2) is 0 Å². The Morgan fingerprint density at radius 1 is 1.50 bits per heavy atom. The SMILES string of the molecule is CCOCc1noc(C2CCCC(N)C2)n1.